The molecule has 0 amide bonds. The lowest BCUT2D eigenvalue weighted by Gasteiger charge is -2.21. The largest absolute Gasteiger partial charge is 0.311 e. The van der Waals surface area contributed by atoms with Crippen LogP contribution < -0.4 is 4.72 Å². The fourth-order valence-electron chi connectivity index (χ4n) is 2.66. The second-order valence-electron chi connectivity index (χ2n) is 7.66. The molecule has 0 bridgehead atoms. The van der Waals surface area contributed by atoms with Crippen LogP contribution >= 0.6 is 11.8 Å². The molecule has 8 heteroatoms. The maximum atomic E-state index is 13.2. The average Bonchev–Trinajstić information content (AvgIpc) is 3.00. The summed E-state index contributed by atoms with van der Waals surface area (Å²) < 4.78 is 30.9. The summed E-state index contributed by atoms with van der Waals surface area (Å²) in [6, 6.07) is 12.9. The van der Waals surface area contributed by atoms with Crippen molar-refractivity contribution >= 4 is 27.5 Å². The number of sulfonamides is 1. The number of nitrogens with one attached hydrogen (secondary N) is 1. The van der Waals surface area contributed by atoms with Gasteiger partial charge in [-0.1, -0.05) is 45.0 Å². The van der Waals surface area contributed by atoms with Gasteiger partial charge in [0.05, 0.1) is 10.6 Å². The summed E-state index contributed by atoms with van der Waals surface area (Å²) in [6.45, 7) is 8.00. The lowest BCUT2D eigenvalue weighted by Crippen LogP contribution is -2.17. The van der Waals surface area contributed by atoms with Gasteiger partial charge in [0.2, 0.25) is 0 Å². The number of aromatic nitrogens is 3. The molecular weight excluding hydrogens is 392 g/mol. The second kappa shape index (κ2) is 7.60. The summed E-state index contributed by atoms with van der Waals surface area (Å²) in [5, 5.41) is 8.60. The van der Waals surface area contributed by atoms with Crippen LogP contribution in [0, 0.1) is 6.92 Å². The van der Waals surface area contributed by atoms with E-state index in [1.807, 2.05) is 31.3 Å². The quantitative estimate of drug-likeness (QED) is 0.668. The Labute approximate surface area is 170 Å². The Balaban J connectivity index is 1.97. The zero-order valence-electron chi connectivity index (χ0n) is 16.6. The van der Waals surface area contributed by atoms with Crippen LogP contribution in [-0.4, -0.2) is 23.2 Å². The van der Waals surface area contributed by atoms with Crippen LogP contribution in [0.4, 0.5) is 5.69 Å². The van der Waals surface area contributed by atoms with Gasteiger partial charge in [0, 0.05) is 11.9 Å². The fraction of sp³-hybridized carbons (Fsp3) is 0.300. The third-order valence-corrected chi connectivity index (χ3v) is 6.98. The molecule has 148 valence electrons. The molecule has 0 aliphatic carbocycles. The van der Waals surface area contributed by atoms with E-state index in [1.165, 1.54) is 11.8 Å². The zero-order chi connectivity index (χ0) is 20.5. The van der Waals surface area contributed by atoms with Gasteiger partial charge in [-0.3, -0.25) is 4.72 Å². The first-order valence-corrected chi connectivity index (χ1v) is 11.1. The molecule has 1 heterocycles. The van der Waals surface area contributed by atoms with Gasteiger partial charge in [-0.05, 0) is 53.4 Å². The van der Waals surface area contributed by atoms with E-state index >= 15 is 0 Å². The van der Waals surface area contributed by atoms with Crippen molar-refractivity contribution in [1.82, 2.24) is 14.8 Å². The smallest absolute Gasteiger partial charge is 0.262 e. The number of nitrogens with zero attached hydrogens (tertiary/aromatic N) is 3. The monoisotopic (exact) mass is 416 g/mol. The molecule has 0 aliphatic rings. The van der Waals surface area contributed by atoms with Crippen LogP contribution in [0.2, 0.25) is 0 Å². The van der Waals surface area contributed by atoms with Crippen molar-refractivity contribution in [1.29, 1.82) is 0 Å². The van der Waals surface area contributed by atoms with E-state index in [0.717, 1.165) is 10.5 Å². The highest BCUT2D eigenvalue weighted by Crippen LogP contribution is 2.34. The van der Waals surface area contributed by atoms with Crippen molar-refractivity contribution in [3.8, 4) is 0 Å². The van der Waals surface area contributed by atoms with Crippen LogP contribution in [-0.2, 0) is 22.5 Å². The molecule has 0 unspecified atom stereocenters. The maximum absolute atomic E-state index is 13.2. The molecule has 0 saturated carbocycles. The summed E-state index contributed by atoms with van der Waals surface area (Å²) in [6.07, 6.45) is 1.61. The first kappa shape index (κ1) is 20.4. The normalized spacial score (nSPS) is 12.2. The standard InChI is InChI=1S/C20H24N4O2S2/c1-14-10-11-15(20(2,3)4)12-18(14)28(25,26)23-16-8-6-7-9-17(16)27-19-22-21-13-24(19)5/h6-13,23H,1-5H3. The molecule has 0 atom stereocenters. The van der Waals surface area contributed by atoms with E-state index in [9.17, 15) is 8.42 Å². The second-order valence-corrected chi connectivity index (χ2v) is 10.3. The first-order chi connectivity index (χ1) is 13.1. The highest BCUT2D eigenvalue weighted by molar-refractivity contribution is 7.99. The molecule has 3 rings (SSSR count). The summed E-state index contributed by atoms with van der Waals surface area (Å²) in [5.41, 5.74) is 2.05. The summed E-state index contributed by atoms with van der Waals surface area (Å²) in [4.78, 5) is 1.05. The number of hydrogen-bond acceptors (Lipinski definition) is 5. The van der Waals surface area contributed by atoms with Gasteiger partial charge in [-0.2, -0.15) is 0 Å². The molecule has 0 aliphatic heterocycles. The molecule has 0 fully saturated rings. The van der Waals surface area contributed by atoms with Crippen molar-refractivity contribution in [2.45, 2.75) is 48.1 Å². The molecule has 1 aromatic heterocycles. The minimum Gasteiger partial charge on any atom is -0.311 e. The lowest BCUT2D eigenvalue weighted by molar-refractivity contribution is 0.584. The van der Waals surface area contributed by atoms with E-state index in [-0.39, 0.29) is 5.41 Å². The first-order valence-electron chi connectivity index (χ1n) is 8.83. The number of benzene rings is 2. The Bertz CT molecular complexity index is 1100. The molecule has 0 spiro atoms. The molecule has 28 heavy (non-hydrogen) atoms. The highest BCUT2D eigenvalue weighted by Gasteiger charge is 2.22. The van der Waals surface area contributed by atoms with Gasteiger partial charge in [0.25, 0.3) is 10.0 Å². The topological polar surface area (TPSA) is 76.9 Å². The average molecular weight is 417 g/mol. The van der Waals surface area contributed by atoms with Crippen molar-refractivity contribution < 1.29 is 8.42 Å². The van der Waals surface area contributed by atoms with Crippen LogP contribution in [0.5, 0.6) is 0 Å². The van der Waals surface area contributed by atoms with Crippen LogP contribution in [0.15, 0.2) is 63.7 Å². The predicted molar refractivity (Wildman–Crippen MR) is 112 cm³/mol. The number of rotatable bonds is 5. The highest BCUT2D eigenvalue weighted by atomic mass is 32.2. The van der Waals surface area contributed by atoms with Gasteiger partial charge < -0.3 is 4.57 Å². The predicted octanol–water partition coefficient (Wildman–Crippen LogP) is 4.37. The summed E-state index contributed by atoms with van der Waals surface area (Å²) >= 11 is 1.36. The number of aryl methyl sites for hydroxylation is 2. The van der Waals surface area contributed by atoms with E-state index < -0.39 is 10.0 Å². The van der Waals surface area contributed by atoms with Crippen molar-refractivity contribution in [2.24, 2.45) is 7.05 Å². The Morgan fingerprint density at radius 3 is 2.46 bits per heavy atom. The molecule has 0 saturated heterocycles. The van der Waals surface area contributed by atoms with Crippen LogP contribution in [0.3, 0.4) is 0 Å². The Morgan fingerprint density at radius 2 is 1.82 bits per heavy atom. The van der Waals surface area contributed by atoms with Crippen molar-refractivity contribution in [2.75, 3.05) is 4.72 Å². The van der Waals surface area contributed by atoms with Gasteiger partial charge in [0.1, 0.15) is 6.33 Å². The molecule has 6 nitrogen and oxygen atoms in total. The third-order valence-electron chi connectivity index (χ3n) is 4.35. The van der Waals surface area contributed by atoms with E-state index in [0.29, 0.717) is 21.3 Å². The van der Waals surface area contributed by atoms with E-state index in [1.54, 1.807) is 36.0 Å². The van der Waals surface area contributed by atoms with Crippen LogP contribution in [0.25, 0.3) is 0 Å². The molecule has 1 N–H and O–H groups in total. The Hall–Kier alpha value is -2.32. The number of anilines is 1. The summed E-state index contributed by atoms with van der Waals surface area (Å²) in [7, 11) is -1.90. The van der Waals surface area contributed by atoms with E-state index in [4.69, 9.17) is 0 Å². The Kier molecular flexibility index (Phi) is 5.54. The third kappa shape index (κ3) is 4.39. The van der Waals surface area contributed by atoms with Gasteiger partial charge in [0.15, 0.2) is 5.16 Å². The van der Waals surface area contributed by atoms with Crippen LogP contribution in [0.1, 0.15) is 31.9 Å². The number of hydrogen-bond donors (Lipinski definition) is 1. The Morgan fingerprint density at radius 1 is 1.11 bits per heavy atom. The van der Waals surface area contributed by atoms with Crippen molar-refractivity contribution in [3.05, 3.63) is 59.9 Å². The summed E-state index contributed by atoms with van der Waals surface area (Å²) in [5.74, 6) is 0. The minimum absolute atomic E-state index is 0.142. The maximum Gasteiger partial charge on any atom is 0.262 e. The number of para-hydroxylation sites is 1. The zero-order valence-corrected chi connectivity index (χ0v) is 18.2. The fourth-order valence-corrected chi connectivity index (χ4v) is 4.93. The van der Waals surface area contributed by atoms with Gasteiger partial charge in [-0.15, -0.1) is 10.2 Å². The van der Waals surface area contributed by atoms with Crippen molar-refractivity contribution in [3.63, 3.8) is 0 Å². The lowest BCUT2D eigenvalue weighted by atomic mass is 9.87. The molecule has 2 aromatic carbocycles. The van der Waals surface area contributed by atoms with Gasteiger partial charge in [-0.25, -0.2) is 8.42 Å². The SMILES string of the molecule is Cc1ccc(C(C)(C)C)cc1S(=O)(=O)Nc1ccccc1Sc1nncn1C. The van der Waals surface area contributed by atoms with E-state index in [2.05, 4.69) is 35.7 Å². The molecule has 3 aromatic rings. The molecular formula is C20H24N4O2S2. The minimum atomic E-state index is -3.74. The molecule has 0 radical (unpaired) electrons. The van der Waals surface area contributed by atoms with Gasteiger partial charge >= 0.3 is 0 Å².